The molecular formula is C14H24N2O3. The maximum atomic E-state index is 12.1. The van der Waals surface area contributed by atoms with Gasteiger partial charge in [-0.2, -0.15) is 0 Å². The van der Waals surface area contributed by atoms with Crippen molar-refractivity contribution in [3.8, 4) is 0 Å². The van der Waals surface area contributed by atoms with Crippen molar-refractivity contribution in [1.82, 2.24) is 9.80 Å². The van der Waals surface area contributed by atoms with Gasteiger partial charge < -0.3 is 14.9 Å². The molecule has 2 saturated heterocycles. The first kappa shape index (κ1) is 14.3. The molecule has 1 amide bonds. The highest BCUT2D eigenvalue weighted by molar-refractivity contribution is 5.81. The van der Waals surface area contributed by atoms with Gasteiger partial charge in [-0.1, -0.05) is 6.92 Å². The zero-order valence-electron chi connectivity index (χ0n) is 11.8. The molecule has 0 spiro atoms. The molecule has 2 aliphatic rings. The molecule has 19 heavy (non-hydrogen) atoms. The third-order valence-corrected chi connectivity index (χ3v) is 4.58. The molecule has 2 aliphatic heterocycles. The molecule has 2 rings (SSSR count). The Bertz CT molecular complexity index is 353. The highest BCUT2D eigenvalue weighted by Crippen LogP contribution is 2.29. The predicted molar refractivity (Wildman–Crippen MR) is 71.8 cm³/mol. The summed E-state index contributed by atoms with van der Waals surface area (Å²) in [6, 6.07) is -0.198. The Hall–Kier alpha value is -1.10. The minimum Gasteiger partial charge on any atom is -0.481 e. The number of amides is 1. The fourth-order valence-corrected chi connectivity index (χ4v) is 3.45. The number of carboxylic acid groups (broad SMARTS) is 1. The largest absolute Gasteiger partial charge is 0.481 e. The van der Waals surface area contributed by atoms with Gasteiger partial charge in [-0.3, -0.25) is 9.59 Å². The summed E-state index contributed by atoms with van der Waals surface area (Å²) in [4.78, 5) is 27.6. The van der Waals surface area contributed by atoms with Gasteiger partial charge in [0.25, 0.3) is 0 Å². The van der Waals surface area contributed by atoms with Crippen molar-refractivity contribution < 1.29 is 14.7 Å². The van der Waals surface area contributed by atoms with Crippen LogP contribution < -0.4 is 0 Å². The molecule has 5 nitrogen and oxygen atoms in total. The minimum atomic E-state index is -0.779. The Morgan fingerprint density at radius 1 is 1.26 bits per heavy atom. The van der Waals surface area contributed by atoms with E-state index in [-0.39, 0.29) is 17.9 Å². The Labute approximate surface area is 114 Å². The summed E-state index contributed by atoms with van der Waals surface area (Å²) in [5.74, 6) is -1.17. The van der Waals surface area contributed by atoms with Gasteiger partial charge >= 0.3 is 5.97 Å². The molecule has 0 saturated carbocycles. The van der Waals surface area contributed by atoms with E-state index in [1.165, 1.54) is 12.8 Å². The van der Waals surface area contributed by atoms with Crippen LogP contribution in [0.1, 0.15) is 33.1 Å². The number of likely N-dealkylation sites (tertiary alicyclic amines) is 2. The van der Waals surface area contributed by atoms with E-state index in [1.807, 2.05) is 13.8 Å². The molecule has 108 valence electrons. The van der Waals surface area contributed by atoms with Crippen molar-refractivity contribution >= 4 is 11.9 Å². The highest BCUT2D eigenvalue weighted by Gasteiger charge is 2.41. The minimum absolute atomic E-state index is 0.0666. The number of piperidine rings is 1. The van der Waals surface area contributed by atoms with Crippen molar-refractivity contribution in [1.29, 1.82) is 0 Å². The van der Waals surface area contributed by atoms with E-state index in [0.29, 0.717) is 13.0 Å². The van der Waals surface area contributed by atoms with Crippen LogP contribution in [0.4, 0.5) is 0 Å². The molecule has 2 fully saturated rings. The van der Waals surface area contributed by atoms with Crippen molar-refractivity contribution in [2.45, 2.75) is 39.2 Å². The van der Waals surface area contributed by atoms with Gasteiger partial charge in [-0.25, -0.2) is 0 Å². The number of carboxylic acids is 1. The molecular weight excluding hydrogens is 244 g/mol. The van der Waals surface area contributed by atoms with Crippen LogP contribution in [0.15, 0.2) is 0 Å². The molecule has 0 aromatic carbocycles. The Kier molecular flexibility index (Phi) is 4.45. The number of nitrogens with zero attached hydrogens (tertiary/aromatic N) is 2. The first-order valence-corrected chi connectivity index (χ1v) is 7.25. The monoisotopic (exact) mass is 268 g/mol. The molecule has 3 atom stereocenters. The van der Waals surface area contributed by atoms with E-state index in [4.69, 9.17) is 0 Å². The lowest BCUT2D eigenvalue weighted by Gasteiger charge is -2.41. The van der Waals surface area contributed by atoms with Gasteiger partial charge in [0, 0.05) is 25.6 Å². The zero-order chi connectivity index (χ0) is 14.0. The fourth-order valence-electron chi connectivity index (χ4n) is 3.45. The molecule has 1 N–H and O–H groups in total. The Morgan fingerprint density at radius 3 is 2.47 bits per heavy atom. The van der Waals surface area contributed by atoms with Gasteiger partial charge in [-0.15, -0.1) is 0 Å². The van der Waals surface area contributed by atoms with E-state index in [9.17, 15) is 14.7 Å². The van der Waals surface area contributed by atoms with Crippen LogP contribution in [0.2, 0.25) is 0 Å². The van der Waals surface area contributed by atoms with Gasteiger partial charge in [-0.05, 0) is 38.8 Å². The van der Waals surface area contributed by atoms with Crippen LogP contribution in [-0.2, 0) is 9.59 Å². The molecule has 3 unspecified atom stereocenters. The SMILES string of the molecule is CC1CC(=O)N(CCN2CCCC2)C(C)C1C(=O)O. The first-order chi connectivity index (χ1) is 9.00. The second-order valence-electron chi connectivity index (χ2n) is 5.92. The number of carbonyl (C=O) groups excluding carboxylic acids is 1. The quantitative estimate of drug-likeness (QED) is 0.827. The smallest absolute Gasteiger partial charge is 0.308 e. The lowest BCUT2D eigenvalue weighted by atomic mass is 9.81. The summed E-state index contributed by atoms with van der Waals surface area (Å²) < 4.78 is 0. The molecule has 0 aromatic rings. The van der Waals surface area contributed by atoms with E-state index in [2.05, 4.69) is 4.90 Å². The predicted octanol–water partition coefficient (Wildman–Crippen LogP) is 1.04. The molecule has 0 aliphatic carbocycles. The standard InChI is InChI=1S/C14H24N2O3/c1-10-9-12(17)16(11(2)13(10)14(18)19)8-7-15-5-3-4-6-15/h10-11,13H,3-9H2,1-2H3,(H,18,19). The van der Waals surface area contributed by atoms with Crippen LogP contribution in [0.25, 0.3) is 0 Å². The number of hydrogen-bond donors (Lipinski definition) is 1. The van der Waals surface area contributed by atoms with Crippen LogP contribution >= 0.6 is 0 Å². The van der Waals surface area contributed by atoms with Crippen molar-refractivity contribution in [2.75, 3.05) is 26.2 Å². The maximum absolute atomic E-state index is 12.1. The number of hydrogen-bond acceptors (Lipinski definition) is 3. The van der Waals surface area contributed by atoms with Crippen LogP contribution in [0.5, 0.6) is 0 Å². The average molecular weight is 268 g/mol. The Balaban J connectivity index is 1.97. The normalized spacial score (nSPS) is 32.8. The molecule has 0 bridgehead atoms. The summed E-state index contributed by atoms with van der Waals surface area (Å²) in [7, 11) is 0. The van der Waals surface area contributed by atoms with Crippen molar-refractivity contribution in [3.63, 3.8) is 0 Å². The number of carbonyl (C=O) groups is 2. The number of aliphatic carboxylic acids is 1. The summed E-state index contributed by atoms with van der Waals surface area (Å²) in [6.07, 6.45) is 2.83. The topological polar surface area (TPSA) is 60.9 Å². The lowest BCUT2D eigenvalue weighted by Crippen LogP contribution is -2.54. The molecule has 2 heterocycles. The molecule has 0 aromatic heterocycles. The molecule has 0 radical (unpaired) electrons. The summed E-state index contributed by atoms with van der Waals surface area (Å²) in [5.41, 5.74) is 0. The summed E-state index contributed by atoms with van der Waals surface area (Å²) in [5, 5.41) is 9.31. The maximum Gasteiger partial charge on any atom is 0.308 e. The second-order valence-corrected chi connectivity index (χ2v) is 5.92. The summed E-state index contributed by atoms with van der Waals surface area (Å²) >= 11 is 0. The highest BCUT2D eigenvalue weighted by atomic mass is 16.4. The third kappa shape index (κ3) is 3.08. The van der Waals surface area contributed by atoms with Crippen molar-refractivity contribution in [2.24, 2.45) is 11.8 Å². The van der Waals surface area contributed by atoms with Gasteiger partial charge in [0.1, 0.15) is 0 Å². The zero-order valence-corrected chi connectivity index (χ0v) is 11.8. The average Bonchev–Trinajstić information content (AvgIpc) is 2.80. The first-order valence-electron chi connectivity index (χ1n) is 7.25. The van der Waals surface area contributed by atoms with E-state index >= 15 is 0 Å². The molecule has 5 heteroatoms. The van der Waals surface area contributed by atoms with Gasteiger partial charge in [0.15, 0.2) is 0 Å². The van der Waals surface area contributed by atoms with E-state index in [1.54, 1.807) is 4.90 Å². The van der Waals surface area contributed by atoms with Crippen LogP contribution in [0, 0.1) is 11.8 Å². The second kappa shape index (κ2) is 5.90. The van der Waals surface area contributed by atoms with Crippen LogP contribution in [0.3, 0.4) is 0 Å². The summed E-state index contributed by atoms with van der Waals surface area (Å²) in [6.45, 7) is 7.49. The van der Waals surface area contributed by atoms with E-state index in [0.717, 1.165) is 19.6 Å². The van der Waals surface area contributed by atoms with E-state index < -0.39 is 11.9 Å². The van der Waals surface area contributed by atoms with Crippen LogP contribution in [-0.4, -0.2) is 59.0 Å². The van der Waals surface area contributed by atoms with Gasteiger partial charge in [0.05, 0.1) is 5.92 Å². The van der Waals surface area contributed by atoms with Crippen molar-refractivity contribution in [3.05, 3.63) is 0 Å². The Morgan fingerprint density at radius 2 is 1.89 bits per heavy atom. The number of rotatable bonds is 4. The van der Waals surface area contributed by atoms with Gasteiger partial charge in [0.2, 0.25) is 5.91 Å². The third-order valence-electron chi connectivity index (χ3n) is 4.58. The lowest BCUT2D eigenvalue weighted by molar-refractivity contribution is -0.154. The fraction of sp³-hybridized carbons (Fsp3) is 0.857.